The summed E-state index contributed by atoms with van der Waals surface area (Å²) in [5.41, 5.74) is -0.414. The van der Waals surface area contributed by atoms with Gasteiger partial charge in [-0.05, 0) is 25.2 Å². The van der Waals surface area contributed by atoms with Crippen LogP contribution in [0.25, 0.3) is 0 Å². The van der Waals surface area contributed by atoms with Gasteiger partial charge >= 0.3 is 0 Å². The van der Waals surface area contributed by atoms with Gasteiger partial charge in [-0.3, -0.25) is 0 Å². The van der Waals surface area contributed by atoms with Crippen molar-refractivity contribution in [2.24, 2.45) is 11.3 Å². The standard InChI is InChI=1S/C15H22N3/c1-3-4-9-15(13-18,14(2)8-12-17)10-6-5-7-11-16/h14H,1,3-10H2,2H3. The summed E-state index contributed by atoms with van der Waals surface area (Å²) < 4.78 is 0. The topological polar surface area (TPSA) is 71.4 Å². The average Bonchev–Trinajstić information content (AvgIpc) is 2.39. The SMILES string of the molecule is [CH2]CCCC(C#N)(CCCCC#N)C(C)CC#N. The van der Waals surface area contributed by atoms with Gasteiger partial charge in [-0.2, -0.15) is 15.8 Å². The van der Waals surface area contributed by atoms with Crippen molar-refractivity contribution in [1.82, 2.24) is 0 Å². The summed E-state index contributed by atoms with van der Waals surface area (Å²) in [5.74, 6) is 0.0844. The number of nitriles is 3. The molecule has 0 aliphatic carbocycles. The van der Waals surface area contributed by atoms with Gasteiger partial charge in [-0.1, -0.05) is 33.1 Å². The monoisotopic (exact) mass is 244 g/mol. The maximum atomic E-state index is 9.51. The zero-order chi connectivity index (χ0) is 13.9. The van der Waals surface area contributed by atoms with Crippen LogP contribution >= 0.6 is 0 Å². The highest BCUT2D eigenvalue weighted by atomic mass is 14.4. The third kappa shape index (κ3) is 5.20. The first-order valence-corrected chi connectivity index (χ1v) is 6.61. The molecule has 2 unspecified atom stereocenters. The van der Waals surface area contributed by atoms with Crippen molar-refractivity contribution in [3.8, 4) is 18.2 Å². The first-order valence-electron chi connectivity index (χ1n) is 6.61. The third-order valence-electron chi connectivity index (χ3n) is 3.60. The molecule has 0 fully saturated rings. The van der Waals surface area contributed by atoms with E-state index < -0.39 is 5.41 Å². The highest BCUT2D eigenvalue weighted by molar-refractivity contribution is 5.03. The molecule has 0 rings (SSSR count). The molecule has 0 spiro atoms. The van der Waals surface area contributed by atoms with Crippen LogP contribution in [0.1, 0.15) is 58.3 Å². The van der Waals surface area contributed by atoms with Crippen molar-refractivity contribution < 1.29 is 0 Å². The Bertz CT molecular complexity index is 342. The van der Waals surface area contributed by atoms with Crippen molar-refractivity contribution in [3.63, 3.8) is 0 Å². The predicted octanol–water partition coefficient (Wildman–Crippen LogP) is 4.13. The number of hydrogen-bond acceptors (Lipinski definition) is 3. The third-order valence-corrected chi connectivity index (χ3v) is 3.60. The average molecular weight is 244 g/mol. The molecule has 0 aromatic heterocycles. The van der Waals surface area contributed by atoms with Crippen LogP contribution in [-0.2, 0) is 0 Å². The molecule has 1 radical (unpaired) electrons. The van der Waals surface area contributed by atoms with E-state index in [-0.39, 0.29) is 5.92 Å². The summed E-state index contributed by atoms with van der Waals surface area (Å²) in [6, 6.07) is 6.74. The zero-order valence-electron chi connectivity index (χ0n) is 11.3. The summed E-state index contributed by atoms with van der Waals surface area (Å²) in [7, 11) is 0. The van der Waals surface area contributed by atoms with Gasteiger partial charge in [0.1, 0.15) is 0 Å². The number of rotatable bonds is 9. The first-order chi connectivity index (χ1) is 8.66. The van der Waals surface area contributed by atoms with Crippen LogP contribution in [-0.4, -0.2) is 0 Å². The Morgan fingerprint density at radius 1 is 1.06 bits per heavy atom. The zero-order valence-corrected chi connectivity index (χ0v) is 11.3. The van der Waals surface area contributed by atoms with Crippen molar-refractivity contribution >= 4 is 0 Å². The van der Waals surface area contributed by atoms with E-state index in [0.29, 0.717) is 12.8 Å². The van der Waals surface area contributed by atoms with Gasteiger partial charge in [0.15, 0.2) is 0 Å². The van der Waals surface area contributed by atoms with Crippen LogP contribution in [0, 0.1) is 52.2 Å². The van der Waals surface area contributed by atoms with Crippen molar-refractivity contribution in [2.45, 2.75) is 58.3 Å². The van der Waals surface area contributed by atoms with Crippen molar-refractivity contribution in [2.75, 3.05) is 0 Å². The Balaban J connectivity index is 4.62. The lowest BCUT2D eigenvalue weighted by Crippen LogP contribution is -2.27. The molecule has 0 bridgehead atoms. The fourth-order valence-electron chi connectivity index (χ4n) is 2.26. The number of unbranched alkanes of at least 4 members (excludes halogenated alkanes) is 3. The largest absolute Gasteiger partial charge is 0.198 e. The molecular formula is C15H22N3. The summed E-state index contributed by atoms with van der Waals surface area (Å²) in [6.07, 6.45) is 6.02. The second-order valence-electron chi connectivity index (χ2n) is 4.85. The molecule has 0 N–H and O–H groups in total. The second-order valence-corrected chi connectivity index (χ2v) is 4.85. The van der Waals surface area contributed by atoms with E-state index >= 15 is 0 Å². The fraction of sp³-hybridized carbons (Fsp3) is 0.733. The molecule has 97 valence electrons. The normalized spacial score (nSPS) is 14.8. The molecule has 3 nitrogen and oxygen atoms in total. The van der Waals surface area contributed by atoms with E-state index in [0.717, 1.165) is 38.5 Å². The molecule has 0 saturated carbocycles. The lowest BCUT2D eigenvalue weighted by Gasteiger charge is -2.31. The van der Waals surface area contributed by atoms with Crippen LogP contribution in [0.5, 0.6) is 0 Å². The van der Waals surface area contributed by atoms with Gasteiger partial charge in [0.2, 0.25) is 0 Å². The van der Waals surface area contributed by atoms with Crippen LogP contribution in [0.4, 0.5) is 0 Å². The van der Waals surface area contributed by atoms with Gasteiger partial charge in [0.05, 0.1) is 23.6 Å². The molecule has 0 amide bonds. The van der Waals surface area contributed by atoms with E-state index in [9.17, 15) is 5.26 Å². The molecule has 0 aliphatic rings. The van der Waals surface area contributed by atoms with Gasteiger partial charge in [0, 0.05) is 12.8 Å². The van der Waals surface area contributed by atoms with Crippen molar-refractivity contribution in [1.29, 1.82) is 15.8 Å². The van der Waals surface area contributed by atoms with Crippen LogP contribution < -0.4 is 0 Å². The summed E-state index contributed by atoms with van der Waals surface area (Å²) in [5, 5.41) is 26.8. The van der Waals surface area contributed by atoms with E-state index in [1.807, 2.05) is 6.92 Å². The minimum absolute atomic E-state index is 0.0844. The first kappa shape index (κ1) is 16.5. The molecule has 2 atom stereocenters. The summed E-state index contributed by atoms with van der Waals surface area (Å²) in [6.45, 7) is 5.81. The molecule has 0 aliphatic heterocycles. The van der Waals surface area contributed by atoms with Gasteiger partial charge in [-0.15, -0.1) is 0 Å². The minimum atomic E-state index is -0.414. The Morgan fingerprint density at radius 2 is 1.72 bits per heavy atom. The molecule has 3 heteroatoms. The minimum Gasteiger partial charge on any atom is -0.198 e. The summed E-state index contributed by atoms with van der Waals surface area (Å²) >= 11 is 0. The van der Waals surface area contributed by atoms with E-state index in [2.05, 4.69) is 25.1 Å². The lowest BCUT2D eigenvalue weighted by atomic mass is 9.69. The van der Waals surface area contributed by atoms with Crippen LogP contribution in [0.15, 0.2) is 0 Å². The van der Waals surface area contributed by atoms with Gasteiger partial charge in [0.25, 0.3) is 0 Å². The van der Waals surface area contributed by atoms with E-state index in [1.54, 1.807) is 0 Å². The maximum absolute atomic E-state index is 9.51. The Hall–Kier alpha value is -1.53. The van der Waals surface area contributed by atoms with E-state index in [1.165, 1.54) is 0 Å². The quantitative estimate of drug-likeness (QED) is 0.572. The van der Waals surface area contributed by atoms with Crippen molar-refractivity contribution in [3.05, 3.63) is 6.92 Å². The highest BCUT2D eigenvalue weighted by Crippen LogP contribution is 2.39. The Kier molecular flexibility index (Phi) is 8.69. The summed E-state index contributed by atoms with van der Waals surface area (Å²) in [4.78, 5) is 0. The predicted molar refractivity (Wildman–Crippen MR) is 70.7 cm³/mol. The Morgan fingerprint density at radius 3 is 2.22 bits per heavy atom. The number of nitrogens with zero attached hydrogens (tertiary/aromatic N) is 3. The lowest BCUT2D eigenvalue weighted by molar-refractivity contribution is 0.210. The van der Waals surface area contributed by atoms with Gasteiger partial charge < -0.3 is 0 Å². The second kappa shape index (κ2) is 9.49. The fourth-order valence-corrected chi connectivity index (χ4v) is 2.26. The highest BCUT2D eigenvalue weighted by Gasteiger charge is 2.35. The molecule has 0 aromatic carbocycles. The van der Waals surface area contributed by atoms with Crippen LogP contribution in [0.3, 0.4) is 0 Å². The maximum Gasteiger partial charge on any atom is 0.0692 e. The molecular weight excluding hydrogens is 222 g/mol. The van der Waals surface area contributed by atoms with Crippen LogP contribution in [0.2, 0.25) is 0 Å². The number of hydrogen-bond donors (Lipinski definition) is 0. The Labute approximate surface area is 111 Å². The molecule has 0 aromatic rings. The molecule has 18 heavy (non-hydrogen) atoms. The molecule has 0 heterocycles. The molecule has 0 saturated heterocycles. The van der Waals surface area contributed by atoms with Gasteiger partial charge in [-0.25, -0.2) is 0 Å². The van der Waals surface area contributed by atoms with E-state index in [4.69, 9.17) is 10.5 Å². The smallest absolute Gasteiger partial charge is 0.0692 e.